The summed E-state index contributed by atoms with van der Waals surface area (Å²) in [7, 11) is 0. The molecule has 3 aromatic heterocycles. The highest BCUT2D eigenvalue weighted by Gasteiger charge is 2.32. The third kappa shape index (κ3) is 4.26. The van der Waals surface area contributed by atoms with Gasteiger partial charge in [0.1, 0.15) is 5.82 Å². The third-order valence-electron chi connectivity index (χ3n) is 7.69. The minimum absolute atomic E-state index is 0.0698. The van der Waals surface area contributed by atoms with Gasteiger partial charge in [-0.1, -0.05) is 53.7 Å². The van der Waals surface area contributed by atoms with Gasteiger partial charge in [-0.2, -0.15) is 0 Å². The third-order valence-corrected chi connectivity index (χ3v) is 7.69. The molecule has 0 radical (unpaired) electrons. The molecule has 0 saturated heterocycles. The van der Waals surface area contributed by atoms with Crippen molar-refractivity contribution >= 4 is 17.0 Å². The Morgan fingerprint density at radius 1 is 1.02 bits per heavy atom. The Hall–Kier alpha value is -5.45. The number of hydrogen-bond donors (Lipinski definition) is 2. The van der Waals surface area contributed by atoms with Crippen LogP contribution in [0.5, 0.6) is 0 Å². The number of carboxylic acids is 1. The number of hydrogen-bond acceptors (Lipinski definition) is 8. The average molecular weight is 565 g/mol. The van der Waals surface area contributed by atoms with Gasteiger partial charge >= 0.3 is 17.5 Å². The van der Waals surface area contributed by atoms with E-state index in [9.17, 15) is 19.5 Å². The molecule has 42 heavy (non-hydrogen) atoms. The lowest BCUT2D eigenvalue weighted by molar-refractivity contribution is 0.0698. The summed E-state index contributed by atoms with van der Waals surface area (Å²) >= 11 is 0. The van der Waals surface area contributed by atoms with Crippen molar-refractivity contribution in [1.82, 2.24) is 19.7 Å². The van der Waals surface area contributed by atoms with Gasteiger partial charge in [-0.3, -0.25) is 9.51 Å². The number of fused-ring (bicyclic) bond motifs is 1. The second kappa shape index (κ2) is 9.58. The Bertz CT molecular complexity index is 2120. The summed E-state index contributed by atoms with van der Waals surface area (Å²) in [6.07, 6.45) is 1.96. The van der Waals surface area contributed by atoms with Gasteiger partial charge in [0, 0.05) is 23.6 Å². The molecule has 11 nitrogen and oxygen atoms in total. The SMILES string of the molecule is Cc1oc(=O)oc1-c1cc(C(=O)O)c2c(nc(C3CC3)n2Cc2ccc(-c3ccccc3-c3noc(=O)[nH]3)cc2)c1C. The van der Waals surface area contributed by atoms with Crippen LogP contribution in [0.3, 0.4) is 0 Å². The maximum atomic E-state index is 12.6. The van der Waals surface area contributed by atoms with E-state index in [0.29, 0.717) is 34.5 Å². The summed E-state index contributed by atoms with van der Waals surface area (Å²) in [6.45, 7) is 3.86. The molecule has 0 spiro atoms. The fraction of sp³-hybridized carbons (Fsp3) is 0.194. The molecule has 7 rings (SSSR count). The normalized spacial score (nSPS) is 13.2. The zero-order chi connectivity index (χ0) is 29.1. The molecule has 2 N–H and O–H groups in total. The van der Waals surface area contributed by atoms with Gasteiger partial charge in [0.15, 0.2) is 17.3 Å². The van der Waals surface area contributed by atoms with Crippen LogP contribution in [0.4, 0.5) is 0 Å². The summed E-state index contributed by atoms with van der Waals surface area (Å²) in [6, 6.07) is 17.0. The predicted octanol–water partition coefficient (Wildman–Crippen LogP) is 5.50. The van der Waals surface area contributed by atoms with Crippen LogP contribution in [0, 0.1) is 13.8 Å². The number of aryl methyl sites for hydroxylation is 2. The average Bonchev–Trinajstić information content (AvgIpc) is 3.48. The van der Waals surface area contributed by atoms with Gasteiger partial charge in [-0.25, -0.2) is 19.4 Å². The van der Waals surface area contributed by atoms with Crippen molar-refractivity contribution in [3.8, 4) is 33.8 Å². The van der Waals surface area contributed by atoms with Gasteiger partial charge < -0.3 is 18.5 Å². The molecular weight excluding hydrogens is 540 g/mol. The monoisotopic (exact) mass is 564 g/mol. The van der Waals surface area contributed by atoms with Crippen LogP contribution in [-0.2, 0) is 6.54 Å². The van der Waals surface area contributed by atoms with E-state index in [2.05, 4.69) is 10.1 Å². The fourth-order valence-corrected chi connectivity index (χ4v) is 5.52. The number of carboxylic acid groups (broad SMARTS) is 1. The quantitative estimate of drug-likeness (QED) is 0.255. The number of carbonyl (C=O) groups is 1. The van der Waals surface area contributed by atoms with Crippen LogP contribution in [0.25, 0.3) is 44.9 Å². The minimum Gasteiger partial charge on any atom is -0.478 e. The first-order valence-electron chi connectivity index (χ1n) is 13.4. The number of H-pyrrole nitrogens is 1. The maximum Gasteiger partial charge on any atom is 0.519 e. The topological polar surface area (TPSA) is 157 Å². The zero-order valence-corrected chi connectivity index (χ0v) is 22.6. The Morgan fingerprint density at radius 2 is 1.76 bits per heavy atom. The molecule has 3 aromatic carbocycles. The van der Waals surface area contributed by atoms with Crippen molar-refractivity contribution < 1.29 is 23.3 Å². The summed E-state index contributed by atoms with van der Waals surface area (Å²) in [4.78, 5) is 43.4. The van der Waals surface area contributed by atoms with E-state index in [1.54, 1.807) is 6.92 Å². The molecule has 6 aromatic rings. The zero-order valence-electron chi connectivity index (χ0n) is 22.6. The standard InChI is InChI=1S/C31H24N4O7/c1-15-22(26-16(2)40-31(39)41-26)13-23(29(36)37)25-24(15)32-28(19-11-12-19)35(25)14-17-7-9-18(10-8-17)20-5-3-4-6-21(20)27-33-30(38)42-34-27/h3-10,13,19H,11-12,14H2,1-2H3,(H,36,37)(H,33,34,38). The number of aromatic amines is 1. The van der Waals surface area contributed by atoms with Crippen LogP contribution in [0.1, 0.15) is 51.8 Å². The van der Waals surface area contributed by atoms with E-state index in [0.717, 1.165) is 40.9 Å². The van der Waals surface area contributed by atoms with Crippen LogP contribution in [0.2, 0.25) is 0 Å². The second-order valence-corrected chi connectivity index (χ2v) is 10.5. The molecule has 3 heterocycles. The number of aromatic carboxylic acids is 1. The molecule has 0 atom stereocenters. The second-order valence-electron chi connectivity index (χ2n) is 10.5. The molecule has 0 amide bonds. The highest BCUT2D eigenvalue weighted by molar-refractivity contribution is 6.05. The van der Waals surface area contributed by atoms with Crippen molar-refractivity contribution in [3.05, 3.63) is 104 Å². The number of nitrogens with one attached hydrogen (secondary N) is 1. The first kappa shape index (κ1) is 25.5. The first-order valence-corrected chi connectivity index (χ1v) is 13.4. The van der Waals surface area contributed by atoms with Gasteiger partial charge in [-0.15, -0.1) is 0 Å². The lowest BCUT2D eigenvalue weighted by atomic mass is 9.98. The summed E-state index contributed by atoms with van der Waals surface area (Å²) < 4.78 is 17.0. The van der Waals surface area contributed by atoms with Crippen molar-refractivity contribution in [1.29, 1.82) is 0 Å². The van der Waals surface area contributed by atoms with Gasteiger partial charge in [0.05, 0.1) is 16.6 Å². The van der Waals surface area contributed by atoms with Crippen LogP contribution in [0.15, 0.2) is 77.5 Å². The molecule has 1 aliphatic rings. The molecular formula is C31H24N4O7. The van der Waals surface area contributed by atoms with E-state index in [-0.39, 0.29) is 23.0 Å². The van der Waals surface area contributed by atoms with Crippen molar-refractivity contribution in [2.75, 3.05) is 0 Å². The van der Waals surface area contributed by atoms with Gasteiger partial charge in [0.25, 0.3) is 0 Å². The number of imidazole rings is 1. The molecule has 1 fully saturated rings. The van der Waals surface area contributed by atoms with Gasteiger partial charge in [-0.05, 0) is 55.0 Å². The van der Waals surface area contributed by atoms with Crippen molar-refractivity contribution in [2.45, 2.75) is 39.2 Å². The largest absolute Gasteiger partial charge is 0.519 e. The first-order chi connectivity index (χ1) is 20.3. The molecule has 0 unspecified atom stereocenters. The fourth-order valence-electron chi connectivity index (χ4n) is 5.52. The van der Waals surface area contributed by atoms with Gasteiger partial charge in [0.2, 0.25) is 0 Å². The number of nitrogens with zero attached hydrogens (tertiary/aromatic N) is 3. The number of aromatic nitrogens is 4. The summed E-state index contributed by atoms with van der Waals surface area (Å²) in [5, 5.41) is 14.1. The number of benzene rings is 3. The Balaban J connectivity index is 1.32. The molecule has 1 saturated carbocycles. The molecule has 0 bridgehead atoms. The van der Waals surface area contributed by atoms with E-state index in [1.807, 2.05) is 60.0 Å². The van der Waals surface area contributed by atoms with Crippen LogP contribution < -0.4 is 11.6 Å². The van der Waals surface area contributed by atoms with Crippen molar-refractivity contribution in [3.63, 3.8) is 0 Å². The molecule has 11 heteroatoms. The van der Waals surface area contributed by atoms with Crippen LogP contribution in [-0.4, -0.2) is 30.8 Å². The minimum atomic E-state index is -1.11. The van der Waals surface area contributed by atoms with Crippen molar-refractivity contribution in [2.24, 2.45) is 0 Å². The summed E-state index contributed by atoms with van der Waals surface area (Å²) in [5.74, 6) is -0.670. The molecule has 210 valence electrons. The highest BCUT2D eigenvalue weighted by Crippen LogP contribution is 2.43. The van der Waals surface area contributed by atoms with E-state index < -0.39 is 17.5 Å². The predicted molar refractivity (Wildman–Crippen MR) is 151 cm³/mol. The Labute approximate surface area is 237 Å². The Kier molecular flexibility index (Phi) is 5.82. The molecule has 1 aliphatic carbocycles. The van der Waals surface area contributed by atoms with Crippen LogP contribution >= 0.6 is 0 Å². The lowest BCUT2D eigenvalue weighted by Crippen LogP contribution is -2.08. The maximum absolute atomic E-state index is 12.6. The van der Waals surface area contributed by atoms with E-state index in [1.165, 1.54) is 6.07 Å². The van der Waals surface area contributed by atoms with E-state index >= 15 is 0 Å². The smallest absolute Gasteiger partial charge is 0.478 e. The summed E-state index contributed by atoms with van der Waals surface area (Å²) in [5.41, 5.74) is 5.81. The van der Waals surface area contributed by atoms with E-state index in [4.69, 9.17) is 18.3 Å². The highest BCUT2D eigenvalue weighted by atomic mass is 16.6. The number of rotatable bonds is 7. The Morgan fingerprint density at radius 3 is 2.38 bits per heavy atom. The lowest BCUT2D eigenvalue weighted by Gasteiger charge is -2.13. The molecule has 0 aliphatic heterocycles.